The smallest absolute Gasteiger partial charge is 0.341 e. The summed E-state index contributed by atoms with van der Waals surface area (Å²) in [5, 5.41) is 14.4. The molecule has 0 amide bonds. The van der Waals surface area contributed by atoms with Crippen LogP contribution in [-0.2, 0) is 13.1 Å². The summed E-state index contributed by atoms with van der Waals surface area (Å²) in [7, 11) is 0. The maximum Gasteiger partial charge on any atom is 0.341 e. The minimum absolute atomic E-state index is 0.00198. The number of aromatic carboxylic acids is 1. The number of halogens is 1. The zero-order valence-electron chi connectivity index (χ0n) is 18.2. The second kappa shape index (κ2) is 9.37. The molecule has 3 aromatic carbocycles. The van der Waals surface area contributed by atoms with E-state index in [-0.39, 0.29) is 16.4 Å². The molecule has 0 atom stereocenters. The number of hydrogen-bond acceptors (Lipinski definition) is 4. The van der Waals surface area contributed by atoms with Crippen LogP contribution in [0.4, 0.5) is 5.82 Å². The summed E-state index contributed by atoms with van der Waals surface area (Å²) in [5.74, 6) is -0.420. The third-order valence-corrected chi connectivity index (χ3v) is 5.88. The normalized spacial score (nSPS) is 11.0. The Hall–Kier alpha value is -4.16. The van der Waals surface area contributed by atoms with E-state index in [1.165, 1.54) is 6.20 Å². The van der Waals surface area contributed by atoms with E-state index in [0.717, 1.165) is 16.7 Å². The van der Waals surface area contributed by atoms with Crippen molar-refractivity contribution in [2.75, 3.05) is 4.90 Å². The number of anilines is 1. The summed E-state index contributed by atoms with van der Waals surface area (Å²) in [6, 6.07) is 29.9. The van der Waals surface area contributed by atoms with Crippen molar-refractivity contribution < 1.29 is 9.90 Å². The summed E-state index contributed by atoms with van der Waals surface area (Å²) in [6.45, 7) is 1.13. The quantitative estimate of drug-likeness (QED) is 0.299. The van der Waals surface area contributed by atoms with Gasteiger partial charge >= 0.3 is 5.97 Å². The van der Waals surface area contributed by atoms with E-state index in [2.05, 4.69) is 39.2 Å². The number of carbonyl (C=O) groups is 1. The van der Waals surface area contributed by atoms with Crippen molar-refractivity contribution in [2.24, 2.45) is 0 Å². The molecule has 5 rings (SSSR count). The second-order valence-corrected chi connectivity index (χ2v) is 8.25. The topological polar surface area (TPSA) is 70.7 Å². The molecular weight excluding hydrogens is 448 g/mol. The van der Waals surface area contributed by atoms with Crippen LogP contribution in [0.3, 0.4) is 0 Å². The molecule has 0 unspecified atom stereocenters. The van der Waals surface area contributed by atoms with Gasteiger partial charge < -0.3 is 10.0 Å². The van der Waals surface area contributed by atoms with Crippen molar-refractivity contribution in [3.8, 4) is 11.1 Å². The lowest BCUT2D eigenvalue weighted by Gasteiger charge is -2.28. The standard InChI is InChI=1S/C27H21ClN4O2/c28-24-23(21-14-8-3-9-15-21)26(32-25(30-24)22(16-29-32)27(33)34)31(17-19-10-4-1-5-11-19)18-20-12-6-2-7-13-20/h1-16H,17-18H2,(H,33,34). The molecule has 0 aliphatic heterocycles. The number of carboxylic acids is 1. The molecule has 2 aromatic heterocycles. The van der Waals surface area contributed by atoms with Gasteiger partial charge in [-0.3, -0.25) is 0 Å². The third kappa shape index (κ3) is 4.23. The van der Waals surface area contributed by atoms with E-state index in [4.69, 9.17) is 11.6 Å². The van der Waals surface area contributed by atoms with E-state index in [1.54, 1.807) is 4.52 Å². The first-order chi connectivity index (χ1) is 16.6. The Labute approximate surface area is 201 Å². The van der Waals surface area contributed by atoms with Crippen LogP contribution < -0.4 is 4.90 Å². The van der Waals surface area contributed by atoms with E-state index in [9.17, 15) is 9.90 Å². The van der Waals surface area contributed by atoms with Gasteiger partial charge in [-0.2, -0.15) is 9.61 Å². The third-order valence-electron chi connectivity index (χ3n) is 5.60. The Morgan fingerprint density at radius 2 is 1.38 bits per heavy atom. The van der Waals surface area contributed by atoms with E-state index < -0.39 is 5.97 Å². The number of aromatic nitrogens is 3. The Morgan fingerprint density at radius 3 is 1.91 bits per heavy atom. The zero-order chi connectivity index (χ0) is 23.5. The number of nitrogens with zero attached hydrogens (tertiary/aromatic N) is 4. The van der Waals surface area contributed by atoms with Crippen LogP contribution in [0.2, 0.25) is 5.15 Å². The van der Waals surface area contributed by atoms with Crippen LogP contribution in [0.5, 0.6) is 0 Å². The first-order valence-corrected chi connectivity index (χ1v) is 11.2. The minimum Gasteiger partial charge on any atom is -0.477 e. The van der Waals surface area contributed by atoms with Gasteiger partial charge in [0.1, 0.15) is 16.5 Å². The van der Waals surface area contributed by atoms with Crippen LogP contribution in [-0.4, -0.2) is 25.7 Å². The largest absolute Gasteiger partial charge is 0.477 e. The molecule has 0 aliphatic rings. The molecule has 0 saturated carbocycles. The number of rotatable bonds is 7. The van der Waals surface area contributed by atoms with E-state index in [1.807, 2.05) is 66.7 Å². The highest BCUT2D eigenvalue weighted by Gasteiger charge is 2.25. The summed E-state index contributed by atoms with van der Waals surface area (Å²) in [6.07, 6.45) is 1.32. The van der Waals surface area contributed by atoms with Crippen molar-refractivity contribution in [1.82, 2.24) is 14.6 Å². The van der Waals surface area contributed by atoms with Crippen LogP contribution >= 0.6 is 11.6 Å². The lowest BCUT2D eigenvalue weighted by molar-refractivity contribution is 0.0698. The molecule has 0 radical (unpaired) electrons. The Bertz CT molecular complexity index is 1400. The molecule has 6 nitrogen and oxygen atoms in total. The molecule has 2 heterocycles. The lowest BCUT2D eigenvalue weighted by atomic mass is 10.1. The molecule has 168 valence electrons. The number of fused-ring (bicyclic) bond motifs is 1. The van der Waals surface area contributed by atoms with Crippen molar-refractivity contribution >= 4 is 29.0 Å². The van der Waals surface area contributed by atoms with Gasteiger partial charge in [0.15, 0.2) is 5.65 Å². The highest BCUT2D eigenvalue weighted by Crippen LogP contribution is 2.38. The number of benzene rings is 3. The van der Waals surface area contributed by atoms with E-state index >= 15 is 0 Å². The SMILES string of the molecule is O=C(O)c1cnn2c(N(Cc3ccccc3)Cc3ccccc3)c(-c3ccccc3)c(Cl)nc12. The van der Waals surface area contributed by atoms with Crippen LogP contribution in [0.1, 0.15) is 21.5 Å². The summed E-state index contributed by atoms with van der Waals surface area (Å²) in [4.78, 5) is 18.5. The maximum atomic E-state index is 11.9. The zero-order valence-corrected chi connectivity index (χ0v) is 18.9. The van der Waals surface area contributed by atoms with Crippen molar-refractivity contribution in [3.63, 3.8) is 0 Å². The van der Waals surface area contributed by atoms with Crippen LogP contribution in [0.15, 0.2) is 97.2 Å². The highest BCUT2D eigenvalue weighted by atomic mass is 35.5. The lowest BCUT2D eigenvalue weighted by Crippen LogP contribution is -2.26. The Morgan fingerprint density at radius 1 is 0.853 bits per heavy atom. The van der Waals surface area contributed by atoms with Crippen LogP contribution in [0.25, 0.3) is 16.8 Å². The highest BCUT2D eigenvalue weighted by molar-refractivity contribution is 6.33. The monoisotopic (exact) mass is 468 g/mol. The van der Waals surface area contributed by atoms with Gasteiger partial charge in [0.05, 0.1) is 11.8 Å². The fourth-order valence-corrected chi connectivity index (χ4v) is 4.33. The second-order valence-electron chi connectivity index (χ2n) is 7.89. The Balaban J connectivity index is 1.78. The first kappa shape index (κ1) is 21.7. The van der Waals surface area contributed by atoms with Gasteiger partial charge in [0, 0.05) is 13.1 Å². The predicted octanol–water partition coefficient (Wildman–Crippen LogP) is 5.95. The first-order valence-electron chi connectivity index (χ1n) is 10.8. The molecule has 0 fully saturated rings. The molecular formula is C27H21ClN4O2. The van der Waals surface area contributed by atoms with Gasteiger partial charge in [0.2, 0.25) is 0 Å². The van der Waals surface area contributed by atoms with Gasteiger partial charge in [-0.1, -0.05) is 103 Å². The van der Waals surface area contributed by atoms with E-state index in [0.29, 0.717) is 24.5 Å². The molecule has 7 heteroatoms. The fourth-order valence-electron chi connectivity index (χ4n) is 4.06. The van der Waals surface area contributed by atoms with Gasteiger partial charge in [-0.15, -0.1) is 0 Å². The molecule has 34 heavy (non-hydrogen) atoms. The van der Waals surface area contributed by atoms with Crippen molar-refractivity contribution in [2.45, 2.75) is 13.1 Å². The summed E-state index contributed by atoms with van der Waals surface area (Å²) >= 11 is 6.75. The molecule has 0 bridgehead atoms. The average molecular weight is 469 g/mol. The Kier molecular flexibility index (Phi) is 5.97. The molecule has 5 aromatic rings. The van der Waals surface area contributed by atoms with Gasteiger partial charge in [-0.05, 0) is 16.7 Å². The molecule has 1 N–H and O–H groups in total. The average Bonchev–Trinajstić information content (AvgIpc) is 3.28. The maximum absolute atomic E-state index is 11.9. The number of carboxylic acid groups (broad SMARTS) is 1. The summed E-state index contributed by atoms with van der Waals surface area (Å²) < 4.78 is 1.59. The minimum atomic E-state index is -1.10. The molecule has 0 spiro atoms. The van der Waals surface area contributed by atoms with Gasteiger partial charge in [0.25, 0.3) is 0 Å². The predicted molar refractivity (Wildman–Crippen MR) is 133 cm³/mol. The van der Waals surface area contributed by atoms with Gasteiger partial charge in [-0.25, -0.2) is 9.78 Å². The van der Waals surface area contributed by atoms with Crippen LogP contribution in [0, 0.1) is 0 Å². The molecule has 0 aliphatic carbocycles. The number of hydrogen-bond donors (Lipinski definition) is 1. The molecule has 0 saturated heterocycles. The summed E-state index contributed by atoms with van der Waals surface area (Å²) in [5.41, 5.74) is 3.98. The fraction of sp³-hybridized carbons (Fsp3) is 0.0741. The van der Waals surface area contributed by atoms with Crippen molar-refractivity contribution in [3.05, 3.63) is 119 Å². The van der Waals surface area contributed by atoms with Crippen molar-refractivity contribution in [1.29, 1.82) is 0 Å².